The number of hydrogen-bond acceptors (Lipinski definition) is 6. The molecule has 7 nitrogen and oxygen atoms in total. The summed E-state index contributed by atoms with van der Waals surface area (Å²) >= 11 is 12.0. The zero-order valence-electron chi connectivity index (χ0n) is 10.9. The summed E-state index contributed by atoms with van der Waals surface area (Å²) in [6, 6.07) is 1.77. The minimum Gasteiger partial charge on any atom is -0.480 e. The molecule has 9 heteroatoms. The van der Waals surface area contributed by atoms with Crippen LogP contribution in [0.4, 0.5) is 5.95 Å². The van der Waals surface area contributed by atoms with Crippen molar-refractivity contribution in [1.29, 1.82) is 0 Å². The average Bonchev–Trinajstić information content (AvgIpc) is 2.82. The Morgan fingerprint density at radius 1 is 1.29 bits per heavy atom. The highest BCUT2D eigenvalue weighted by molar-refractivity contribution is 6.33. The van der Waals surface area contributed by atoms with Crippen LogP contribution in [-0.2, 0) is 6.54 Å². The van der Waals surface area contributed by atoms with E-state index in [0.29, 0.717) is 28.6 Å². The Bertz CT molecular complexity index is 819. The number of pyridine rings is 1. The van der Waals surface area contributed by atoms with Gasteiger partial charge in [0.25, 0.3) is 0 Å². The average molecular weight is 325 g/mol. The first-order chi connectivity index (χ1) is 10.1. The van der Waals surface area contributed by atoms with E-state index in [0.717, 1.165) is 5.56 Å². The Morgan fingerprint density at radius 2 is 2.10 bits per heavy atom. The standard InChI is InChI=1S/C12H10Cl2N6O/c1-21-11-7(13)2-6(3-16-11)4-20-5-17-8-9(14)18-12(15)19-10(8)20/h2-3,5H,4H2,1H3,(H2,15,18,19). The van der Waals surface area contributed by atoms with E-state index in [9.17, 15) is 0 Å². The lowest BCUT2D eigenvalue weighted by molar-refractivity contribution is 0.398. The zero-order valence-corrected chi connectivity index (χ0v) is 12.4. The number of aromatic nitrogens is 5. The van der Waals surface area contributed by atoms with Gasteiger partial charge in [-0.3, -0.25) is 0 Å². The number of methoxy groups -OCH3 is 1. The molecule has 0 saturated carbocycles. The minimum absolute atomic E-state index is 0.0974. The fraction of sp³-hybridized carbons (Fsp3) is 0.167. The number of anilines is 1. The van der Waals surface area contributed by atoms with Gasteiger partial charge in [-0.25, -0.2) is 9.97 Å². The van der Waals surface area contributed by atoms with Crippen LogP contribution in [0.25, 0.3) is 11.2 Å². The van der Waals surface area contributed by atoms with Gasteiger partial charge in [0, 0.05) is 6.20 Å². The second-order valence-corrected chi connectivity index (χ2v) is 5.02. The Hall–Kier alpha value is -2.12. The molecule has 0 atom stereocenters. The zero-order chi connectivity index (χ0) is 15.0. The molecular weight excluding hydrogens is 315 g/mol. The number of nitrogen functional groups attached to an aromatic ring is 1. The van der Waals surface area contributed by atoms with E-state index >= 15 is 0 Å². The maximum atomic E-state index is 6.06. The van der Waals surface area contributed by atoms with Crippen LogP contribution in [0.15, 0.2) is 18.6 Å². The van der Waals surface area contributed by atoms with Crippen molar-refractivity contribution in [2.24, 2.45) is 0 Å². The first-order valence-corrected chi connectivity index (χ1v) is 6.66. The SMILES string of the molecule is COc1ncc(Cn2cnc3c(Cl)nc(N)nc32)cc1Cl. The molecule has 21 heavy (non-hydrogen) atoms. The fourth-order valence-electron chi connectivity index (χ4n) is 1.94. The van der Waals surface area contributed by atoms with Crippen molar-refractivity contribution in [3.05, 3.63) is 34.3 Å². The second kappa shape index (κ2) is 5.34. The second-order valence-electron chi connectivity index (χ2n) is 4.25. The van der Waals surface area contributed by atoms with Crippen LogP contribution >= 0.6 is 23.2 Å². The van der Waals surface area contributed by atoms with Crippen molar-refractivity contribution in [2.75, 3.05) is 12.8 Å². The summed E-state index contributed by atoms with van der Waals surface area (Å²) in [6.07, 6.45) is 3.28. The topological polar surface area (TPSA) is 91.7 Å². The fourth-order valence-corrected chi connectivity index (χ4v) is 2.43. The summed E-state index contributed by atoms with van der Waals surface area (Å²) in [4.78, 5) is 16.3. The molecule has 0 saturated heterocycles. The van der Waals surface area contributed by atoms with Crippen molar-refractivity contribution < 1.29 is 4.74 Å². The minimum atomic E-state index is 0.0974. The van der Waals surface area contributed by atoms with Crippen molar-refractivity contribution in [3.63, 3.8) is 0 Å². The van der Waals surface area contributed by atoms with Gasteiger partial charge in [0.05, 0.1) is 20.0 Å². The van der Waals surface area contributed by atoms with Crippen LogP contribution in [0, 0.1) is 0 Å². The molecule has 0 aromatic carbocycles. The molecule has 3 aromatic heterocycles. The first kappa shape index (κ1) is 13.8. The van der Waals surface area contributed by atoms with Gasteiger partial charge in [0.2, 0.25) is 11.8 Å². The molecule has 2 N–H and O–H groups in total. The number of ether oxygens (including phenoxy) is 1. The van der Waals surface area contributed by atoms with E-state index in [1.165, 1.54) is 7.11 Å². The maximum Gasteiger partial charge on any atom is 0.232 e. The molecule has 0 spiro atoms. The third-order valence-electron chi connectivity index (χ3n) is 2.85. The van der Waals surface area contributed by atoms with Gasteiger partial charge in [-0.05, 0) is 11.6 Å². The van der Waals surface area contributed by atoms with E-state index in [2.05, 4.69) is 19.9 Å². The van der Waals surface area contributed by atoms with E-state index < -0.39 is 0 Å². The Balaban J connectivity index is 2.00. The molecule has 0 radical (unpaired) electrons. The molecule has 0 aliphatic carbocycles. The largest absolute Gasteiger partial charge is 0.480 e. The number of imidazole rings is 1. The quantitative estimate of drug-likeness (QED) is 0.742. The van der Waals surface area contributed by atoms with Crippen molar-refractivity contribution in [1.82, 2.24) is 24.5 Å². The predicted octanol–water partition coefficient (Wildman–Crippen LogP) is 2.17. The van der Waals surface area contributed by atoms with E-state index in [1.807, 2.05) is 0 Å². The molecule has 0 fully saturated rings. The van der Waals surface area contributed by atoms with Crippen molar-refractivity contribution in [3.8, 4) is 5.88 Å². The summed E-state index contributed by atoms with van der Waals surface area (Å²) in [7, 11) is 1.51. The third kappa shape index (κ3) is 2.57. The molecule has 0 aliphatic rings. The highest BCUT2D eigenvalue weighted by atomic mass is 35.5. The Labute approximate surface area is 129 Å². The van der Waals surface area contributed by atoms with Crippen LogP contribution in [0.1, 0.15) is 5.56 Å². The third-order valence-corrected chi connectivity index (χ3v) is 3.38. The highest BCUT2D eigenvalue weighted by Gasteiger charge is 2.12. The predicted molar refractivity (Wildman–Crippen MR) is 79.6 cm³/mol. The lowest BCUT2D eigenvalue weighted by Crippen LogP contribution is -2.03. The number of nitrogens with two attached hydrogens (primary N) is 1. The number of halogens is 2. The molecule has 0 aliphatic heterocycles. The lowest BCUT2D eigenvalue weighted by Gasteiger charge is -2.06. The maximum absolute atomic E-state index is 6.06. The molecule has 108 valence electrons. The number of fused-ring (bicyclic) bond motifs is 1. The van der Waals surface area contributed by atoms with Crippen LogP contribution in [0.3, 0.4) is 0 Å². The van der Waals surface area contributed by atoms with Gasteiger partial charge >= 0.3 is 0 Å². The van der Waals surface area contributed by atoms with Gasteiger partial charge in [-0.15, -0.1) is 0 Å². The van der Waals surface area contributed by atoms with Crippen LogP contribution in [0.5, 0.6) is 5.88 Å². The Morgan fingerprint density at radius 3 is 2.81 bits per heavy atom. The number of rotatable bonds is 3. The molecular formula is C12H10Cl2N6O. The van der Waals surface area contributed by atoms with Gasteiger partial charge in [-0.1, -0.05) is 23.2 Å². The van der Waals surface area contributed by atoms with Crippen molar-refractivity contribution >= 4 is 40.3 Å². The van der Waals surface area contributed by atoms with E-state index in [-0.39, 0.29) is 11.1 Å². The summed E-state index contributed by atoms with van der Waals surface area (Å²) in [5.41, 5.74) is 7.53. The summed E-state index contributed by atoms with van der Waals surface area (Å²) in [5.74, 6) is 0.477. The first-order valence-electron chi connectivity index (χ1n) is 5.90. The molecule has 3 rings (SSSR count). The van der Waals surface area contributed by atoms with Gasteiger partial charge < -0.3 is 15.0 Å². The normalized spacial score (nSPS) is 11.0. The molecule has 0 unspecified atom stereocenters. The number of nitrogens with zero attached hydrogens (tertiary/aromatic N) is 5. The van der Waals surface area contributed by atoms with Crippen LogP contribution in [-0.4, -0.2) is 31.6 Å². The Kier molecular flexibility index (Phi) is 3.52. The number of hydrogen-bond donors (Lipinski definition) is 1. The van der Waals surface area contributed by atoms with Gasteiger partial charge in [0.15, 0.2) is 10.8 Å². The lowest BCUT2D eigenvalue weighted by atomic mass is 10.3. The van der Waals surface area contributed by atoms with Crippen LogP contribution in [0.2, 0.25) is 10.2 Å². The van der Waals surface area contributed by atoms with Crippen molar-refractivity contribution in [2.45, 2.75) is 6.54 Å². The van der Waals surface area contributed by atoms with Crippen LogP contribution < -0.4 is 10.5 Å². The summed E-state index contributed by atoms with van der Waals surface area (Å²) < 4.78 is 6.81. The highest BCUT2D eigenvalue weighted by Crippen LogP contribution is 2.24. The van der Waals surface area contributed by atoms with Gasteiger partial charge in [-0.2, -0.15) is 9.97 Å². The summed E-state index contributed by atoms with van der Waals surface area (Å²) in [6.45, 7) is 0.472. The van der Waals surface area contributed by atoms with E-state index in [4.69, 9.17) is 33.7 Å². The molecule has 0 bridgehead atoms. The molecule has 0 amide bonds. The molecule has 3 aromatic rings. The van der Waals surface area contributed by atoms with Gasteiger partial charge in [0.1, 0.15) is 10.5 Å². The monoisotopic (exact) mass is 324 g/mol. The van der Waals surface area contributed by atoms with E-state index in [1.54, 1.807) is 23.2 Å². The smallest absolute Gasteiger partial charge is 0.232 e. The molecule has 3 heterocycles. The summed E-state index contributed by atoms with van der Waals surface area (Å²) in [5, 5.41) is 0.661.